The molecule has 0 radical (unpaired) electrons. The molecule has 0 unspecified atom stereocenters. The first-order valence-corrected chi connectivity index (χ1v) is 5.47. The molecule has 2 nitrogen and oxygen atoms in total. The molecule has 1 atom stereocenters. The summed E-state index contributed by atoms with van der Waals surface area (Å²) in [5.41, 5.74) is 2.41. The highest BCUT2D eigenvalue weighted by molar-refractivity contribution is 5.78. The maximum absolute atomic E-state index is 11.5. The zero-order valence-corrected chi connectivity index (χ0v) is 9.71. The molecule has 2 heteroatoms. The third-order valence-corrected chi connectivity index (χ3v) is 2.77. The summed E-state index contributed by atoms with van der Waals surface area (Å²) in [4.78, 5) is 11.5. The normalized spacial score (nSPS) is 12.2. The summed E-state index contributed by atoms with van der Waals surface area (Å²) in [5, 5.41) is 2.95. The number of carbonyl (C=O) groups excluding carboxylic acids is 1. The first-order chi connectivity index (χ1) is 7.15. The molecule has 1 aromatic carbocycles. The summed E-state index contributed by atoms with van der Waals surface area (Å²) in [6, 6.07) is 8.12. The second-order valence-electron chi connectivity index (χ2n) is 3.95. The van der Waals surface area contributed by atoms with Crippen LogP contribution in [0.5, 0.6) is 0 Å². The van der Waals surface area contributed by atoms with Gasteiger partial charge in [-0.25, -0.2) is 0 Å². The Hall–Kier alpha value is -1.31. The lowest BCUT2D eigenvalue weighted by Gasteiger charge is -2.11. The second kappa shape index (κ2) is 5.54. The predicted octanol–water partition coefficient (Wildman–Crippen LogP) is 2.66. The van der Waals surface area contributed by atoms with Gasteiger partial charge in [0.1, 0.15) is 0 Å². The van der Waals surface area contributed by atoms with Crippen LogP contribution in [0, 0.1) is 12.8 Å². The van der Waals surface area contributed by atoms with Gasteiger partial charge >= 0.3 is 0 Å². The zero-order chi connectivity index (χ0) is 11.3. The van der Waals surface area contributed by atoms with Crippen LogP contribution in [-0.4, -0.2) is 5.91 Å². The maximum Gasteiger partial charge on any atom is 0.223 e. The molecule has 0 aromatic heterocycles. The van der Waals surface area contributed by atoms with E-state index in [-0.39, 0.29) is 11.8 Å². The van der Waals surface area contributed by atoms with Gasteiger partial charge in [-0.15, -0.1) is 0 Å². The number of rotatable bonds is 4. The Labute approximate surface area is 91.7 Å². The van der Waals surface area contributed by atoms with E-state index in [2.05, 4.69) is 18.3 Å². The van der Waals surface area contributed by atoms with Crippen LogP contribution in [0.2, 0.25) is 0 Å². The average Bonchev–Trinajstić information content (AvgIpc) is 2.26. The number of nitrogens with one attached hydrogen (secondary N) is 1. The van der Waals surface area contributed by atoms with Crippen molar-refractivity contribution in [2.24, 2.45) is 5.92 Å². The first-order valence-electron chi connectivity index (χ1n) is 5.47. The molecule has 0 fully saturated rings. The molecule has 0 saturated heterocycles. The molecule has 0 aliphatic heterocycles. The van der Waals surface area contributed by atoms with Crippen LogP contribution in [0.15, 0.2) is 24.3 Å². The molecule has 15 heavy (non-hydrogen) atoms. The van der Waals surface area contributed by atoms with Crippen LogP contribution in [-0.2, 0) is 11.3 Å². The Bertz CT molecular complexity index is 333. The highest BCUT2D eigenvalue weighted by Crippen LogP contribution is 2.07. The SMILES string of the molecule is CC[C@@H](C)C(=O)NCc1ccccc1C. The topological polar surface area (TPSA) is 29.1 Å². The molecule has 1 rings (SSSR count). The zero-order valence-electron chi connectivity index (χ0n) is 9.71. The van der Waals surface area contributed by atoms with Crippen molar-refractivity contribution in [3.63, 3.8) is 0 Å². The van der Waals surface area contributed by atoms with E-state index in [1.807, 2.05) is 32.0 Å². The molecule has 0 heterocycles. The van der Waals surface area contributed by atoms with E-state index >= 15 is 0 Å². The van der Waals surface area contributed by atoms with Gasteiger partial charge in [-0.05, 0) is 24.5 Å². The van der Waals surface area contributed by atoms with E-state index in [1.165, 1.54) is 11.1 Å². The van der Waals surface area contributed by atoms with Gasteiger partial charge in [-0.2, -0.15) is 0 Å². The van der Waals surface area contributed by atoms with E-state index in [9.17, 15) is 4.79 Å². The van der Waals surface area contributed by atoms with Crippen molar-refractivity contribution in [3.05, 3.63) is 35.4 Å². The van der Waals surface area contributed by atoms with E-state index in [4.69, 9.17) is 0 Å². The van der Waals surface area contributed by atoms with Gasteiger partial charge in [0.15, 0.2) is 0 Å². The van der Waals surface area contributed by atoms with Crippen LogP contribution in [0.25, 0.3) is 0 Å². The lowest BCUT2D eigenvalue weighted by Crippen LogP contribution is -2.28. The van der Waals surface area contributed by atoms with Gasteiger partial charge < -0.3 is 5.32 Å². The van der Waals surface area contributed by atoms with Crippen molar-refractivity contribution in [2.45, 2.75) is 33.7 Å². The minimum absolute atomic E-state index is 0.106. The number of aryl methyl sites for hydroxylation is 1. The summed E-state index contributed by atoms with van der Waals surface area (Å²) in [5.74, 6) is 0.245. The van der Waals surface area contributed by atoms with Gasteiger partial charge in [0.2, 0.25) is 5.91 Å². The van der Waals surface area contributed by atoms with E-state index in [0.717, 1.165) is 6.42 Å². The Kier molecular flexibility index (Phi) is 4.35. The van der Waals surface area contributed by atoms with Gasteiger partial charge in [-0.3, -0.25) is 4.79 Å². The lowest BCUT2D eigenvalue weighted by molar-refractivity contribution is -0.124. The predicted molar refractivity (Wildman–Crippen MR) is 62.5 cm³/mol. The molecule has 0 aliphatic carbocycles. The molecule has 1 N–H and O–H groups in total. The Morgan fingerprint density at radius 3 is 2.67 bits per heavy atom. The Morgan fingerprint density at radius 1 is 1.40 bits per heavy atom. The minimum Gasteiger partial charge on any atom is -0.352 e. The number of carbonyl (C=O) groups is 1. The van der Waals surface area contributed by atoms with Gasteiger partial charge in [0, 0.05) is 12.5 Å². The first kappa shape index (κ1) is 11.8. The highest BCUT2D eigenvalue weighted by atomic mass is 16.1. The number of amides is 1. The minimum atomic E-state index is 0.106. The van der Waals surface area contributed by atoms with Crippen LogP contribution < -0.4 is 5.32 Å². The number of hydrogen-bond acceptors (Lipinski definition) is 1. The quantitative estimate of drug-likeness (QED) is 0.804. The van der Waals surface area contributed by atoms with Crippen LogP contribution in [0.4, 0.5) is 0 Å². The molecular weight excluding hydrogens is 186 g/mol. The van der Waals surface area contributed by atoms with Gasteiger partial charge in [0.25, 0.3) is 0 Å². The third-order valence-electron chi connectivity index (χ3n) is 2.77. The average molecular weight is 205 g/mol. The fraction of sp³-hybridized carbons (Fsp3) is 0.462. The summed E-state index contributed by atoms with van der Waals surface area (Å²) in [6.07, 6.45) is 0.888. The third kappa shape index (κ3) is 3.39. The highest BCUT2D eigenvalue weighted by Gasteiger charge is 2.09. The summed E-state index contributed by atoms with van der Waals surface area (Å²) >= 11 is 0. The molecule has 1 aromatic rings. The number of hydrogen-bond donors (Lipinski definition) is 1. The standard InChI is InChI=1S/C13H19NO/c1-4-10(2)13(15)14-9-12-8-6-5-7-11(12)3/h5-8,10H,4,9H2,1-3H3,(H,14,15)/t10-/m1/s1. The number of benzene rings is 1. The monoisotopic (exact) mass is 205 g/mol. The van der Waals surface area contributed by atoms with Crippen molar-refractivity contribution < 1.29 is 4.79 Å². The van der Waals surface area contributed by atoms with Crippen molar-refractivity contribution in [3.8, 4) is 0 Å². The van der Waals surface area contributed by atoms with E-state index in [0.29, 0.717) is 6.54 Å². The van der Waals surface area contributed by atoms with Gasteiger partial charge in [0.05, 0.1) is 0 Å². The van der Waals surface area contributed by atoms with Crippen molar-refractivity contribution in [1.29, 1.82) is 0 Å². The van der Waals surface area contributed by atoms with Crippen LogP contribution in [0.1, 0.15) is 31.4 Å². The van der Waals surface area contributed by atoms with Crippen LogP contribution >= 0.6 is 0 Å². The molecule has 0 bridgehead atoms. The largest absolute Gasteiger partial charge is 0.352 e. The van der Waals surface area contributed by atoms with E-state index in [1.54, 1.807) is 0 Å². The molecule has 0 saturated carbocycles. The Balaban J connectivity index is 2.51. The van der Waals surface area contributed by atoms with Crippen molar-refractivity contribution >= 4 is 5.91 Å². The van der Waals surface area contributed by atoms with Crippen molar-refractivity contribution in [2.75, 3.05) is 0 Å². The fourth-order valence-corrected chi connectivity index (χ4v) is 1.35. The van der Waals surface area contributed by atoms with Gasteiger partial charge in [-0.1, -0.05) is 38.1 Å². The van der Waals surface area contributed by atoms with Crippen molar-refractivity contribution in [1.82, 2.24) is 5.32 Å². The fourth-order valence-electron chi connectivity index (χ4n) is 1.35. The smallest absolute Gasteiger partial charge is 0.223 e. The molecular formula is C13H19NO. The van der Waals surface area contributed by atoms with E-state index < -0.39 is 0 Å². The summed E-state index contributed by atoms with van der Waals surface area (Å²) < 4.78 is 0. The second-order valence-corrected chi connectivity index (χ2v) is 3.95. The van der Waals surface area contributed by atoms with Crippen LogP contribution in [0.3, 0.4) is 0 Å². The summed E-state index contributed by atoms with van der Waals surface area (Å²) in [7, 11) is 0. The molecule has 82 valence electrons. The molecule has 1 amide bonds. The molecule has 0 aliphatic rings. The lowest BCUT2D eigenvalue weighted by atomic mass is 10.1. The summed E-state index contributed by atoms with van der Waals surface area (Å²) in [6.45, 7) is 6.67. The molecule has 0 spiro atoms. The maximum atomic E-state index is 11.5. The Morgan fingerprint density at radius 2 is 2.07 bits per heavy atom.